The van der Waals surface area contributed by atoms with E-state index in [1.165, 1.54) is 16.8 Å². The van der Waals surface area contributed by atoms with E-state index in [2.05, 4.69) is 55.3 Å². The number of hydrogen-bond acceptors (Lipinski definition) is 3. The fourth-order valence-electron chi connectivity index (χ4n) is 4.03. The van der Waals surface area contributed by atoms with Crippen molar-refractivity contribution in [1.29, 1.82) is 0 Å². The van der Waals surface area contributed by atoms with E-state index in [1.807, 2.05) is 23.1 Å². The summed E-state index contributed by atoms with van der Waals surface area (Å²) in [4.78, 5) is 28.7. The summed E-state index contributed by atoms with van der Waals surface area (Å²) in [5.41, 5.74) is 5.38. The fourth-order valence-corrected chi connectivity index (χ4v) is 4.03. The molecule has 2 aliphatic heterocycles. The van der Waals surface area contributed by atoms with Crippen molar-refractivity contribution in [1.82, 2.24) is 4.90 Å². The highest BCUT2D eigenvalue weighted by molar-refractivity contribution is 5.95. The molecule has 5 nitrogen and oxygen atoms in total. The first kappa shape index (κ1) is 19.5. The molecular weight excluding hydrogens is 362 g/mol. The summed E-state index contributed by atoms with van der Waals surface area (Å²) in [5.74, 6) is 0.200. The minimum absolute atomic E-state index is 0.0882. The maximum atomic E-state index is 12.9. The van der Waals surface area contributed by atoms with E-state index in [1.54, 1.807) is 0 Å². The van der Waals surface area contributed by atoms with Crippen LogP contribution in [0.1, 0.15) is 48.7 Å². The highest BCUT2D eigenvalue weighted by atomic mass is 16.2. The molecule has 2 aromatic rings. The molecule has 2 aliphatic rings. The van der Waals surface area contributed by atoms with Crippen LogP contribution in [0.4, 0.5) is 11.4 Å². The smallest absolute Gasteiger partial charge is 0.253 e. The molecule has 0 bridgehead atoms. The number of hydrogen-bond donors (Lipinski definition) is 1. The Labute approximate surface area is 172 Å². The molecule has 2 amide bonds. The Bertz CT molecular complexity index is 920. The van der Waals surface area contributed by atoms with Crippen molar-refractivity contribution >= 4 is 23.2 Å². The summed E-state index contributed by atoms with van der Waals surface area (Å²) < 4.78 is 0. The average molecular weight is 392 g/mol. The topological polar surface area (TPSA) is 52.7 Å². The van der Waals surface area contributed by atoms with E-state index < -0.39 is 0 Å². The molecule has 0 radical (unpaired) electrons. The lowest BCUT2D eigenvalue weighted by Gasteiger charge is -2.36. The Morgan fingerprint density at radius 3 is 2.28 bits per heavy atom. The van der Waals surface area contributed by atoms with Crippen molar-refractivity contribution in [2.24, 2.45) is 0 Å². The Kier molecular flexibility index (Phi) is 5.07. The summed E-state index contributed by atoms with van der Waals surface area (Å²) in [5, 5.41) is 2.93. The highest BCUT2D eigenvalue weighted by Crippen LogP contribution is 2.28. The van der Waals surface area contributed by atoms with Crippen LogP contribution in [-0.2, 0) is 16.6 Å². The lowest BCUT2D eigenvalue weighted by Crippen LogP contribution is -2.48. The highest BCUT2D eigenvalue weighted by Gasteiger charge is 2.24. The molecule has 5 heteroatoms. The zero-order valence-electron chi connectivity index (χ0n) is 17.5. The molecule has 0 aliphatic carbocycles. The van der Waals surface area contributed by atoms with E-state index in [-0.39, 0.29) is 17.2 Å². The summed E-state index contributed by atoms with van der Waals surface area (Å²) >= 11 is 0. The Balaban J connectivity index is 1.39. The van der Waals surface area contributed by atoms with Crippen molar-refractivity contribution in [3.05, 3.63) is 59.2 Å². The first-order valence-electron chi connectivity index (χ1n) is 10.4. The minimum Gasteiger partial charge on any atom is -0.368 e. The van der Waals surface area contributed by atoms with Crippen LogP contribution in [0.2, 0.25) is 0 Å². The number of amides is 2. The molecule has 0 unspecified atom stereocenters. The number of benzene rings is 2. The normalized spacial score (nSPS) is 17.0. The molecule has 0 aromatic heterocycles. The number of rotatable bonds is 2. The van der Waals surface area contributed by atoms with E-state index in [0.717, 1.165) is 30.8 Å². The number of fused-ring (bicyclic) bond motifs is 1. The second-order valence-electron chi connectivity index (χ2n) is 9.00. The second-order valence-corrected chi connectivity index (χ2v) is 9.00. The Hall–Kier alpha value is -2.82. The molecule has 0 atom stereocenters. The number of piperazine rings is 1. The summed E-state index contributed by atoms with van der Waals surface area (Å²) in [6, 6.07) is 14.3. The van der Waals surface area contributed by atoms with E-state index in [0.29, 0.717) is 19.5 Å². The molecule has 1 saturated heterocycles. The van der Waals surface area contributed by atoms with Gasteiger partial charge in [-0.3, -0.25) is 9.59 Å². The van der Waals surface area contributed by atoms with Gasteiger partial charge in [0.15, 0.2) is 0 Å². The van der Waals surface area contributed by atoms with Gasteiger partial charge in [0.25, 0.3) is 5.91 Å². The van der Waals surface area contributed by atoms with Gasteiger partial charge in [-0.2, -0.15) is 0 Å². The van der Waals surface area contributed by atoms with Gasteiger partial charge in [0.05, 0.1) is 0 Å². The summed E-state index contributed by atoms with van der Waals surface area (Å²) in [6.07, 6.45) is 1.34. The predicted octanol–water partition coefficient (Wildman–Crippen LogP) is 3.83. The van der Waals surface area contributed by atoms with E-state index >= 15 is 0 Å². The zero-order chi connectivity index (χ0) is 20.6. The average Bonchev–Trinajstić information content (AvgIpc) is 2.72. The minimum atomic E-state index is 0.0882. The number of carbonyl (C=O) groups is 2. The third-order valence-corrected chi connectivity index (χ3v) is 5.91. The first-order chi connectivity index (χ1) is 13.8. The Morgan fingerprint density at radius 2 is 1.62 bits per heavy atom. The molecule has 152 valence electrons. The first-order valence-corrected chi connectivity index (χ1v) is 10.4. The third kappa shape index (κ3) is 4.14. The summed E-state index contributed by atoms with van der Waals surface area (Å²) in [7, 11) is 0. The zero-order valence-corrected chi connectivity index (χ0v) is 17.5. The van der Waals surface area contributed by atoms with Crippen LogP contribution in [-0.4, -0.2) is 42.9 Å². The quantitative estimate of drug-likeness (QED) is 0.846. The standard InChI is InChI=1S/C24H29N3O2/c1-24(2,3)19-7-4-17(5-8-19)23(29)27-14-12-26(13-15-27)20-9-10-21-18(16-20)6-11-22(28)25-21/h4-5,7-10,16H,6,11-15H2,1-3H3,(H,25,28). The van der Waals surface area contributed by atoms with Crippen LogP contribution in [0.5, 0.6) is 0 Å². The molecule has 2 heterocycles. The Morgan fingerprint density at radius 1 is 0.931 bits per heavy atom. The maximum absolute atomic E-state index is 12.9. The molecule has 1 fully saturated rings. The van der Waals surface area contributed by atoms with Crippen molar-refractivity contribution in [2.45, 2.75) is 39.0 Å². The van der Waals surface area contributed by atoms with Crippen LogP contribution < -0.4 is 10.2 Å². The van der Waals surface area contributed by atoms with E-state index in [4.69, 9.17) is 0 Å². The van der Waals surface area contributed by atoms with Crippen molar-refractivity contribution in [2.75, 3.05) is 36.4 Å². The molecule has 1 N–H and O–H groups in total. The molecule has 4 rings (SSSR count). The van der Waals surface area contributed by atoms with Gasteiger partial charge < -0.3 is 15.1 Å². The van der Waals surface area contributed by atoms with Gasteiger partial charge in [0.2, 0.25) is 5.91 Å². The molecule has 0 saturated carbocycles. The van der Waals surface area contributed by atoms with Crippen LogP contribution >= 0.6 is 0 Å². The SMILES string of the molecule is CC(C)(C)c1ccc(C(=O)N2CCN(c3ccc4c(c3)CCC(=O)N4)CC2)cc1. The second kappa shape index (κ2) is 7.54. The number of anilines is 2. The monoisotopic (exact) mass is 391 g/mol. The van der Waals surface area contributed by atoms with Gasteiger partial charge in [-0.25, -0.2) is 0 Å². The third-order valence-electron chi connectivity index (χ3n) is 5.91. The summed E-state index contributed by atoms with van der Waals surface area (Å²) in [6.45, 7) is 9.60. The fraction of sp³-hybridized carbons (Fsp3) is 0.417. The van der Waals surface area contributed by atoms with Gasteiger partial charge in [0, 0.05) is 49.5 Å². The molecule has 2 aromatic carbocycles. The van der Waals surface area contributed by atoms with Crippen LogP contribution in [0.25, 0.3) is 0 Å². The number of carbonyl (C=O) groups excluding carboxylic acids is 2. The van der Waals surface area contributed by atoms with Crippen molar-refractivity contribution < 1.29 is 9.59 Å². The van der Waals surface area contributed by atoms with Gasteiger partial charge in [0.1, 0.15) is 0 Å². The lowest BCUT2D eigenvalue weighted by molar-refractivity contribution is -0.116. The largest absolute Gasteiger partial charge is 0.368 e. The number of aryl methyl sites for hydroxylation is 1. The maximum Gasteiger partial charge on any atom is 0.253 e. The lowest BCUT2D eigenvalue weighted by atomic mass is 9.86. The van der Waals surface area contributed by atoms with Gasteiger partial charge in [-0.05, 0) is 53.3 Å². The molecular formula is C24H29N3O2. The van der Waals surface area contributed by atoms with Gasteiger partial charge in [-0.15, -0.1) is 0 Å². The van der Waals surface area contributed by atoms with Crippen LogP contribution in [0, 0.1) is 0 Å². The predicted molar refractivity (Wildman–Crippen MR) is 117 cm³/mol. The number of nitrogens with one attached hydrogen (secondary N) is 1. The van der Waals surface area contributed by atoms with Crippen molar-refractivity contribution in [3.63, 3.8) is 0 Å². The van der Waals surface area contributed by atoms with Crippen LogP contribution in [0.3, 0.4) is 0 Å². The van der Waals surface area contributed by atoms with Gasteiger partial charge >= 0.3 is 0 Å². The number of nitrogens with zero attached hydrogens (tertiary/aromatic N) is 2. The van der Waals surface area contributed by atoms with Crippen molar-refractivity contribution in [3.8, 4) is 0 Å². The molecule has 0 spiro atoms. The van der Waals surface area contributed by atoms with Crippen LogP contribution in [0.15, 0.2) is 42.5 Å². The van der Waals surface area contributed by atoms with E-state index in [9.17, 15) is 9.59 Å². The van der Waals surface area contributed by atoms with Gasteiger partial charge in [-0.1, -0.05) is 32.9 Å². The molecule has 29 heavy (non-hydrogen) atoms.